The zero-order valence-corrected chi connectivity index (χ0v) is 14.0. The summed E-state index contributed by atoms with van der Waals surface area (Å²) in [6.45, 7) is 1.70. The van der Waals surface area contributed by atoms with Crippen LogP contribution in [0.3, 0.4) is 0 Å². The average Bonchev–Trinajstić information content (AvgIpc) is 2.92. The van der Waals surface area contributed by atoms with Gasteiger partial charge in [0.15, 0.2) is 0 Å². The molecule has 1 saturated heterocycles. The Balaban J connectivity index is 1.57. The summed E-state index contributed by atoms with van der Waals surface area (Å²) in [7, 11) is 0. The summed E-state index contributed by atoms with van der Waals surface area (Å²) in [4.78, 5) is 25.8. The van der Waals surface area contributed by atoms with Crippen molar-refractivity contribution in [2.45, 2.75) is 32.1 Å². The van der Waals surface area contributed by atoms with E-state index < -0.39 is 5.97 Å². The number of aryl methyl sites for hydroxylation is 1. The van der Waals surface area contributed by atoms with Crippen molar-refractivity contribution in [1.82, 2.24) is 10.2 Å². The SMILES string of the molecule is O=C(O)C1CCN(C(=O)NCCCCc2ccc(Cl)s2)CC1. The smallest absolute Gasteiger partial charge is 0.317 e. The standard InChI is InChI=1S/C15H21ClN2O3S/c16-13-5-4-12(22-13)3-1-2-8-17-15(21)18-9-6-11(7-10-18)14(19)20/h4-5,11H,1-3,6-10H2,(H,17,21)(H,19,20). The van der Waals surface area contributed by atoms with Crippen molar-refractivity contribution >= 4 is 34.9 Å². The lowest BCUT2D eigenvalue weighted by Gasteiger charge is -2.30. The van der Waals surface area contributed by atoms with Gasteiger partial charge in [-0.1, -0.05) is 11.6 Å². The van der Waals surface area contributed by atoms with Crippen LogP contribution >= 0.6 is 22.9 Å². The Hall–Kier alpha value is -1.27. The summed E-state index contributed by atoms with van der Waals surface area (Å²) < 4.78 is 0.813. The van der Waals surface area contributed by atoms with Gasteiger partial charge in [0.05, 0.1) is 10.3 Å². The Bertz CT molecular complexity index is 513. The topological polar surface area (TPSA) is 69.6 Å². The van der Waals surface area contributed by atoms with Crippen LogP contribution in [0.4, 0.5) is 4.79 Å². The minimum atomic E-state index is -0.756. The Kier molecular flexibility index (Phi) is 6.51. The molecule has 7 heteroatoms. The lowest BCUT2D eigenvalue weighted by molar-refractivity contribution is -0.143. The Morgan fingerprint density at radius 3 is 2.64 bits per heavy atom. The molecule has 2 rings (SSSR count). The fourth-order valence-corrected chi connectivity index (χ4v) is 3.68. The average molecular weight is 345 g/mol. The number of likely N-dealkylation sites (tertiary alicyclic amines) is 1. The van der Waals surface area contributed by atoms with E-state index >= 15 is 0 Å². The van der Waals surface area contributed by atoms with Crippen molar-refractivity contribution in [1.29, 1.82) is 0 Å². The number of carbonyl (C=O) groups is 2. The Morgan fingerprint density at radius 2 is 2.05 bits per heavy atom. The molecule has 0 saturated carbocycles. The molecule has 0 unspecified atom stereocenters. The highest BCUT2D eigenvalue weighted by Gasteiger charge is 2.26. The maximum atomic E-state index is 12.0. The maximum absolute atomic E-state index is 12.0. The summed E-state index contributed by atoms with van der Waals surface area (Å²) in [5.74, 6) is -1.06. The van der Waals surface area contributed by atoms with E-state index in [0.29, 0.717) is 32.5 Å². The largest absolute Gasteiger partial charge is 0.481 e. The van der Waals surface area contributed by atoms with E-state index in [-0.39, 0.29) is 11.9 Å². The second-order valence-corrected chi connectivity index (χ2v) is 7.29. The van der Waals surface area contributed by atoms with E-state index in [1.54, 1.807) is 16.2 Å². The molecule has 5 nitrogen and oxygen atoms in total. The number of amides is 2. The van der Waals surface area contributed by atoms with Gasteiger partial charge in [-0.05, 0) is 44.2 Å². The molecule has 1 aromatic heterocycles. The van der Waals surface area contributed by atoms with E-state index in [9.17, 15) is 9.59 Å². The molecule has 1 aliphatic heterocycles. The van der Waals surface area contributed by atoms with Gasteiger partial charge in [0.25, 0.3) is 0 Å². The van der Waals surface area contributed by atoms with Gasteiger partial charge in [-0.3, -0.25) is 4.79 Å². The number of carboxylic acid groups (broad SMARTS) is 1. The molecule has 2 heterocycles. The molecule has 0 radical (unpaired) electrons. The molecule has 0 aromatic carbocycles. The third-order valence-electron chi connectivity index (χ3n) is 3.89. The molecular weight excluding hydrogens is 324 g/mol. The number of thiophene rings is 1. The summed E-state index contributed by atoms with van der Waals surface area (Å²) in [5.41, 5.74) is 0. The zero-order chi connectivity index (χ0) is 15.9. The van der Waals surface area contributed by atoms with Crippen LogP contribution < -0.4 is 5.32 Å². The number of carbonyl (C=O) groups excluding carboxylic acids is 1. The monoisotopic (exact) mass is 344 g/mol. The number of hydrogen-bond acceptors (Lipinski definition) is 3. The Labute approximate surface area is 139 Å². The van der Waals surface area contributed by atoms with Crippen molar-refractivity contribution < 1.29 is 14.7 Å². The highest BCUT2D eigenvalue weighted by molar-refractivity contribution is 7.16. The number of unbranched alkanes of at least 4 members (excludes halogenated alkanes) is 1. The molecule has 0 atom stereocenters. The lowest BCUT2D eigenvalue weighted by atomic mass is 9.97. The number of rotatable bonds is 6. The molecule has 2 amide bonds. The highest BCUT2D eigenvalue weighted by Crippen LogP contribution is 2.22. The lowest BCUT2D eigenvalue weighted by Crippen LogP contribution is -2.45. The third kappa shape index (κ3) is 5.18. The van der Waals surface area contributed by atoms with Crippen LogP contribution in [0.1, 0.15) is 30.6 Å². The van der Waals surface area contributed by atoms with Crippen LogP contribution in [0, 0.1) is 5.92 Å². The number of halogens is 1. The maximum Gasteiger partial charge on any atom is 0.317 e. The zero-order valence-electron chi connectivity index (χ0n) is 12.4. The van der Waals surface area contributed by atoms with Crippen molar-refractivity contribution in [2.24, 2.45) is 5.92 Å². The normalized spacial score (nSPS) is 15.8. The number of aliphatic carboxylic acids is 1. The van der Waals surface area contributed by atoms with Gasteiger partial charge in [-0.15, -0.1) is 11.3 Å². The molecule has 0 aliphatic carbocycles. The van der Waals surface area contributed by atoms with Gasteiger partial charge in [0, 0.05) is 24.5 Å². The minimum absolute atomic E-state index is 0.0805. The number of nitrogens with zero attached hydrogens (tertiary/aromatic N) is 1. The van der Waals surface area contributed by atoms with Crippen molar-refractivity contribution in [3.8, 4) is 0 Å². The van der Waals surface area contributed by atoms with Crippen molar-refractivity contribution in [3.63, 3.8) is 0 Å². The second-order valence-electron chi connectivity index (χ2n) is 5.49. The molecule has 0 bridgehead atoms. The van der Waals surface area contributed by atoms with Crippen molar-refractivity contribution in [2.75, 3.05) is 19.6 Å². The summed E-state index contributed by atoms with van der Waals surface area (Å²) in [6, 6.07) is 3.87. The van der Waals surface area contributed by atoms with Gasteiger partial charge < -0.3 is 15.3 Å². The van der Waals surface area contributed by atoms with Gasteiger partial charge in [-0.2, -0.15) is 0 Å². The second kappa shape index (κ2) is 8.39. The molecule has 22 heavy (non-hydrogen) atoms. The third-order valence-corrected chi connectivity index (χ3v) is 5.18. The first-order valence-corrected chi connectivity index (χ1v) is 8.75. The minimum Gasteiger partial charge on any atom is -0.481 e. The quantitative estimate of drug-likeness (QED) is 0.778. The molecule has 0 spiro atoms. The summed E-state index contributed by atoms with van der Waals surface area (Å²) >= 11 is 7.48. The van der Waals surface area contributed by atoms with E-state index in [4.69, 9.17) is 16.7 Å². The van der Waals surface area contributed by atoms with E-state index in [1.807, 2.05) is 12.1 Å². The molecular formula is C15H21ClN2O3S. The van der Waals surface area contributed by atoms with Gasteiger partial charge in [-0.25, -0.2) is 4.79 Å². The predicted molar refractivity (Wildman–Crippen MR) is 87.6 cm³/mol. The highest BCUT2D eigenvalue weighted by atomic mass is 35.5. The first-order valence-electron chi connectivity index (χ1n) is 7.56. The summed E-state index contributed by atoms with van der Waals surface area (Å²) in [6.07, 6.45) is 4.01. The first kappa shape index (κ1) is 17.1. The number of hydrogen-bond donors (Lipinski definition) is 2. The molecule has 1 fully saturated rings. The molecule has 122 valence electrons. The van der Waals surface area contributed by atoms with Crippen LogP contribution in [-0.4, -0.2) is 41.6 Å². The fraction of sp³-hybridized carbons (Fsp3) is 0.600. The molecule has 2 N–H and O–H groups in total. The van der Waals surface area contributed by atoms with Crippen LogP contribution in [0.5, 0.6) is 0 Å². The van der Waals surface area contributed by atoms with Crippen LogP contribution in [0.2, 0.25) is 4.34 Å². The van der Waals surface area contributed by atoms with E-state index in [0.717, 1.165) is 23.6 Å². The number of piperidine rings is 1. The Morgan fingerprint density at radius 1 is 1.32 bits per heavy atom. The van der Waals surface area contributed by atoms with Crippen LogP contribution in [0.25, 0.3) is 0 Å². The molecule has 1 aliphatic rings. The van der Waals surface area contributed by atoms with Crippen LogP contribution in [-0.2, 0) is 11.2 Å². The van der Waals surface area contributed by atoms with E-state index in [1.165, 1.54) is 4.88 Å². The molecule has 1 aromatic rings. The van der Waals surface area contributed by atoms with Gasteiger partial charge >= 0.3 is 12.0 Å². The summed E-state index contributed by atoms with van der Waals surface area (Å²) in [5, 5.41) is 11.8. The number of carboxylic acids is 1. The number of nitrogens with one attached hydrogen (secondary N) is 1. The predicted octanol–water partition coefficient (Wildman–Crippen LogP) is 3.23. The van der Waals surface area contributed by atoms with Gasteiger partial charge in [0.1, 0.15) is 0 Å². The van der Waals surface area contributed by atoms with Crippen LogP contribution in [0.15, 0.2) is 12.1 Å². The van der Waals surface area contributed by atoms with E-state index in [2.05, 4.69) is 5.32 Å². The van der Waals surface area contributed by atoms with Gasteiger partial charge in [0.2, 0.25) is 0 Å². The fourth-order valence-electron chi connectivity index (χ4n) is 2.55. The number of urea groups is 1. The first-order chi connectivity index (χ1) is 10.6. The van der Waals surface area contributed by atoms with Crippen molar-refractivity contribution in [3.05, 3.63) is 21.3 Å².